The average Bonchev–Trinajstić information content (AvgIpc) is 2.63. The first-order chi connectivity index (χ1) is 11.7. The number of nitrogens with zero attached hydrogens (tertiary/aromatic N) is 3. The van der Waals surface area contributed by atoms with Gasteiger partial charge in [-0.15, -0.1) is 0 Å². The molecule has 1 aliphatic rings. The van der Waals surface area contributed by atoms with Crippen molar-refractivity contribution >= 4 is 33.5 Å². The number of benzene rings is 1. The quantitative estimate of drug-likeness (QED) is 0.849. The van der Waals surface area contributed by atoms with Gasteiger partial charge >= 0.3 is 0 Å². The molecule has 0 radical (unpaired) electrons. The second kappa shape index (κ2) is 7.75. The van der Waals surface area contributed by atoms with Crippen molar-refractivity contribution in [3.05, 3.63) is 46.7 Å². The van der Waals surface area contributed by atoms with Crippen LogP contribution in [-0.4, -0.2) is 28.5 Å². The predicted molar refractivity (Wildman–Crippen MR) is 99.4 cm³/mol. The van der Waals surface area contributed by atoms with Gasteiger partial charge in [0, 0.05) is 35.1 Å². The summed E-state index contributed by atoms with van der Waals surface area (Å²) >= 11 is 3.38. The van der Waals surface area contributed by atoms with Crippen LogP contribution >= 0.6 is 15.9 Å². The lowest BCUT2D eigenvalue weighted by Gasteiger charge is -2.35. The zero-order valence-corrected chi connectivity index (χ0v) is 15.3. The highest BCUT2D eigenvalue weighted by molar-refractivity contribution is 9.10. The van der Waals surface area contributed by atoms with Crippen molar-refractivity contribution in [2.75, 3.05) is 16.8 Å². The number of carbonyl (C=O) groups excluding carboxylic acids is 1. The van der Waals surface area contributed by atoms with Crippen molar-refractivity contribution in [2.45, 2.75) is 38.6 Å². The van der Waals surface area contributed by atoms with Crippen molar-refractivity contribution in [2.24, 2.45) is 0 Å². The molecular weight excluding hydrogens is 368 g/mol. The highest BCUT2D eigenvalue weighted by Crippen LogP contribution is 2.23. The molecule has 1 N–H and O–H groups in total. The van der Waals surface area contributed by atoms with Crippen LogP contribution in [0.4, 0.5) is 11.6 Å². The van der Waals surface area contributed by atoms with Crippen LogP contribution in [0, 0.1) is 0 Å². The molecule has 0 bridgehead atoms. The van der Waals surface area contributed by atoms with Crippen LogP contribution in [0.1, 0.15) is 43.0 Å². The van der Waals surface area contributed by atoms with Gasteiger partial charge in [0.25, 0.3) is 5.91 Å². The highest BCUT2D eigenvalue weighted by Gasteiger charge is 2.23. The Kier molecular flexibility index (Phi) is 5.45. The molecule has 24 heavy (non-hydrogen) atoms. The summed E-state index contributed by atoms with van der Waals surface area (Å²) in [6, 6.07) is 7.96. The third-order valence-electron chi connectivity index (χ3n) is 4.36. The fourth-order valence-electron chi connectivity index (χ4n) is 3.01. The van der Waals surface area contributed by atoms with Gasteiger partial charge in [-0.1, -0.05) is 22.9 Å². The fraction of sp³-hybridized carbons (Fsp3) is 0.389. The molecule has 1 saturated heterocycles. The highest BCUT2D eigenvalue weighted by atomic mass is 79.9. The standard InChI is InChI=1S/C18H21BrN4O/c1-2-16-5-3-4-10-23(16)18-20-11-13(12-21-18)17(24)22-15-8-6-14(19)7-9-15/h6-9,11-12,16H,2-5,10H2,1H3,(H,22,24). The molecule has 1 aliphatic heterocycles. The van der Waals surface area contributed by atoms with E-state index in [2.05, 4.69) is 43.0 Å². The Morgan fingerprint density at radius 2 is 1.96 bits per heavy atom. The van der Waals surface area contributed by atoms with Gasteiger partial charge in [0.05, 0.1) is 5.56 Å². The Hall–Kier alpha value is -1.95. The molecule has 1 aromatic carbocycles. The van der Waals surface area contributed by atoms with Crippen LogP contribution in [0.25, 0.3) is 0 Å². The Morgan fingerprint density at radius 1 is 1.25 bits per heavy atom. The number of piperidine rings is 1. The van der Waals surface area contributed by atoms with E-state index in [-0.39, 0.29) is 5.91 Å². The van der Waals surface area contributed by atoms with E-state index < -0.39 is 0 Å². The maximum atomic E-state index is 12.3. The smallest absolute Gasteiger partial charge is 0.258 e. The van der Waals surface area contributed by atoms with Crippen molar-refractivity contribution in [1.29, 1.82) is 0 Å². The molecule has 6 heteroatoms. The first-order valence-corrected chi connectivity index (χ1v) is 9.12. The minimum absolute atomic E-state index is 0.199. The van der Waals surface area contributed by atoms with E-state index in [4.69, 9.17) is 0 Å². The number of halogens is 1. The van der Waals surface area contributed by atoms with Gasteiger partial charge in [-0.25, -0.2) is 9.97 Å². The molecule has 126 valence electrons. The lowest BCUT2D eigenvalue weighted by Crippen LogP contribution is -2.40. The number of rotatable bonds is 4. The summed E-state index contributed by atoms with van der Waals surface area (Å²) in [6.45, 7) is 3.19. The lowest BCUT2D eigenvalue weighted by atomic mass is 10.0. The number of amides is 1. The fourth-order valence-corrected chi connectivity index (χ4v) is 3.28. The molecular formula is C18H21BrN4O. The predicted octanol–water partition coefficient (Wildman–Crippen LogP) is 4.26. The van der Waals surface area contributed by atoms with Crippen LogP contribution in [0.3, 0.4) is 0 Å². The molecule has 0 saturated carbocycles. The number of aromatic nitrogens is 2. The molecule has 1 unspecified atom stereocenters. The van der Waals surface area contributed by atoms with Gasteiger partial charge in [0.15, 0.2) is 0 Å². The third-order valence-corrected chi connectivity index (χ3v) is 4.89. The summed E-state index contributed by atoms with van der Waals surface area (Å²) in [7, 11) is 0. The number of anilines is 2. The van der Waals surface area contributed by atoms with Crippen LogP contribution in [-0.2, 0) is 0 Å². The SMILES string of the molecule is CCC1CCCCN1c1ncc(C(=O)Nc2ccc(Br)cc2)cn1. The summed E-state index contributed by atoms with van der Waals surface area (Å²) in [5.41, 5.74) is 1.21. The van der Waals surface area contributed by atoms with Crippen molar-refractivity contribution < 1.29 is 4.79 Å². The Morgan fingerprint density at radius 3 is 2.62 bits per heavy atom. The maximum absolute atomic E-state index is 12.3. The summed E-state index contributed by atoms with van der Waals surface area (Å²) in [4.78, 5) is 23.4. The number of nitrogens with one attached hydrogen (secondary N) is 1. The normalized spacial score (nSPS) is 17.6. The van der Waals surface area contributed by atoms with E-state index in [1.54, 1.807) is 12.4 Å². The monoisotopic (exact) mass is 388 g/mol. The summed E-state index contributed by atoms with van der Waals surface area (Å²) in [6.07, 6.45) is 7.94. The minimum atomic E-state index is -0.199. The number of hydrogen-bond donors (Lipinski definition) is 1. The van der Waals surface area contributed by atoms with Gasteiger partial charge in [-0.05, 0) is 49.9 Å². The van der Waals surface area contributed by atoms with Crippen molar-refractivity contribution in [1.82, 2.24) is 9.97 Å². The van der Waals surface area contributed by atoms with E-state index in [0.29, 0.717) is 11.6 Å². The van der Waals surface area contributed by atoms with Crippen molar-refractivity contribution in [3.8, 4) is 0 Å². The molecule has 0 spiro atoms. The minimum Gasteiger partial charge on any atom is -0.338 e. The lowest BCUT2D eigenvalue weighted by molar-refractivity contribution is 0.102. The maximum Gasteiger partial charge on any atom is 0.258 e. The molecule has 2 aromatic rings. The Labute approximate surface area is 150 Å². The van der Waals surface area contributed by atoms with E-state index in [1.165, 1.54) is 19.3 Å². The molecule has 3 rings (SSSR count). The van der Waals surface area contributed by atoms with E-state index in [0.717, 1.165) is 29.1 Å². The van der Waals surface area contributed by atoms with Crippen LogP contribution in [0.5, 0.6) is 0 Å². The molecule has 1 atom stereocenters. The van der Waals surface area contributed by atoms with Gasteiger partial charge in [0.2, 0.25) is 5.95 Å². The summed E-state index contributed by atoms with van der Waals surface area (Å²) in [5, 5.41) is 2.85. The molecule has 5 nitrogen and oxygen atoms in total. The van der Waals surface area contributed by atoms with Crippen LogP contribution in [0.2, 0.25) is 0 Å². The second-order valence-electron chi connectivity index (χ2n) is 5.98. The van der Waals surface area contributed by atoms with Crippen LogP contribution in [0.15, 0.2) is 41.1 Å². The number of hydrogen-bond acceptors (Lipinski definition) is 4. The number of carbonyl (C=O) groups is 1. The molecule has 1 fully saturated rings. The van der Waals surface area contributed by atoms with E-state index in [1.807, 2.05) is 24.3 Å². The van der Waals surface area contributed by atoms with Gasteiger partial charge < -0.3 is 10.2 Å². The summed E-state index contributed by atoms with van der Waals surface area (Å²) in [5.74, 6) is 0.524. The van der Waals surface area contributed by atoms with Gasteiger partial charge in [-0.2, -0.15) is 0 Å². The Bertz CT molecular complexity index is 687. The third kappa shape index (κ3) is 3.93. The largest absolute Gasteiger partial charge is 0.338 e. The Balaban J connectivity index is 1.69. The van der Waals surface area contributed by atoms with Gasteiger partial charge in [0.1, 0.15) is 0 Å². The first-order valence-electron chi connectivity index (χ1n) is 8.33. The van der Waals surface area contributed by atoms with Gasteiger partial charge in [-0.3, -0.25) is 4.79 Å². The zero-order valence-electron chi connectivity index (χ0n) is 13.7. The average molecular weight is 389 g/mol. The molecule has 1 aromatic heterocycles. The molecule has 2 heterocycles. The van der Waals surface area contributed by atoms with Crippen molar-refractivity contribution in [3.63, 3.8) is 0 Å². The van der Waals surface area contributed by atoms with E-state index in [9.17, 15) is 4.79 Å². The van der Waals surface area contributed by atoms with Crippen LogP contribution < -0.4 is 10.2 Å². The second-order valence-corrected chi connectivity index (χ2v) is 6.90. The molecule has 0 aliphatic carbocycles. The zero-order chi connectivity index (χ0) is 16.9. The summed E-state index contributed by atoms with van der Waals surface area (Å²) < 4.78 is 0.972. The first kappa shape index (κ1) is 16.9. The van der Waals surface area contributed by atoms with E-state index >= 15 is 0 Å². The molecule has 1 amide bonds. The topological polar surface area (TPSA) is 58.1 Å².